The largest absolute Gasteiger partial charge is 0.481 e. The van der Waals surface area contributed by atoms with Crippen molar-refractivity contribution in [3.63, 3.8) is 0 Å². The first-order chi connectivity index (χ1) is 9.19. The van der Waals surface area contributed by atoms with Crippen molar-refractivity contribution in [1.82, 2.24) is 5.32 Å². The van der Waals surface area contributed by atoms with Gasteiger partial charge in [-0.1, -0.05) is 18.2 Å². The Bertz CT molecular complexity index is 506. The molecule has 110 valence electrons. The lowest BCUT2D eigenvalue weighted by atomic mass is 9.97. The van der Waals surface area contributed by atoms with Crippen molar-refractivity contribution in [1.29, 1.82) is 0 Å². The predicted octanol–water partition coefficient (Wildman–Crippen LogP) is 2.61. The van der Waals surface area contributed by atoms with E-state index in [-0.39, 0.29) is 12.3 Å². The summed E-state index contributed by atoms with van der Waals surface area (Å²) >= 11 is 0. The summed E-state index contributed by atoms with van der Waals surface area (Å²) < 4.78 is 0. The molecular formula is C16H23NO3. The highest BCUT2D eigenvalue weighted by Crippen LogP contribution is 2.13. The van der Waals surface area contributed by atoms with E-state index in [1.54, 1.807) is 0 Å². The lowest BCUT2D eigenvalue weighted by molar-refractivity contribution is -0.137. The van der Waals surface area contributed by atoms with Gasteiger partial charge in [0.25, 0.3) is 0 Å². The number of aryl methyl sites for hydroxylation is 2. The van der Waals surface area contributed by atoms with Crippen molar-refractivity contribution < 1.29 is 14.7 Å². The zero-order chi connectivity index (χ0) is 15.3. The summed E-state index contributed by atoms with van der Waals surface area (Å²) in [4.78, 5) is 22.6. The van der Waals surface area contributed by atoms with Crippen LogP contribution in [0.15, 0.2) is 18.2 Å². The topological polar surface area (TPSA) is 66.4 Å². The average Bonchev–Trinajstić information content (AvgIpc) is 2.31. The van der Waals surface area contributed by atoms with Gasteiger partial charge in [0.1, 0.15) is 0 Å². The van der Waals surface area contributed by atoms with E-state index in [0.29, 0.717) is 12.8 Å². The van der Waals surface area contributed by atoms with Crippen LogP contribution in [-0.4, -0.2) is 22.5 Å². The van der Waals surface area contributed by atoms with Crippen LogP contribution in [0.2, 0.25) is 0 Å². The number of carboxylic acid groups (broad SMARTS) is 1. The Morgan fingerprint density at radius 1 is 1.20 bits per heavy atom. The number of carbonyl (C=O) groups is 2. The first-order valence-corrected chi connectivity index (χ1v) is 6.78. The summed E-state index contributed by atoms with van der Waals surface area (Å²) in [6, 6.07) is 5.97. The van der Waals surface area contributed by atoms with Gasteiger partial charge >= 0.3 is 5.97 Å². The van der Waals surface area contributed by atoms with Crippen LogP contribution in [0.25, 0.3) is 0 Å². The highest BCUT2D eigenvalue weighted by atomic mass is 16.4. The molecule has 0 radical (unpaired) electrons. The molecule has 0 bridgehead atoms. The minimum Gasteiger partial charge on any atom is -0.481 e. The quantitative estimate of drug-likeness (QED) is 0.840. The summed E-state index contributed by atoms with van der Waals surface area (Å²) in [6.45, 7) is 7.74. The second kappa shape index (κ2) is 6.55. The maximum Gasteiger partial charge on any atom is 0.303 e. The lowest BCUT2D eigenvalue weighted by Crippen LogP contribution is -2.44. The third kappa shape index (κ3) is 5.43. The van der Waals surface area contributed by atoms with Gasteiger partial charge in [-0.05, 0) is 50.8 Å². The molecule has 0 unspecified atom stereocenters. The Hall–Kier alpha value is -1.84. The van der Waals surface area contributed by atoms with E-state index in [1.807, 2.05) is 45.9 Å². The molecule has 1 aromatic rings. The molecular weight excluding hydrogens is 254 g/mol. The average molecular weight is 277 g/mol. The summed E-state index contributed by atoms with van der Waals surface area (Å²) in [5.41, 5.74) is 2.84. The van der Waals surface area contributed by atoms with Crippen molar-refractivity contribution in [2.45, 2.75) is 52.5 Å². The number of rotatable bonds is 6. The van der Waals surface area contributed by atoms with Gasteiger partial charge in [-0.15, -0.1) is 0 Å². The van der Waals surface area contributed by atoms with Crippen LogP contribution in [0, 0.1) is 13.8 Å². The summed E-state index contributed by atoms with van der Waals surface area (Å²) in [6.07, 6.45) is 0.787. The number of aliphatic carboxylic acids is 1. The maximum atomic E-state index is 12.0. The van der Waals surface area contributed by atoms with Crippen LogP contribution in [0.3, 0.4) is 0 Å². The van der Waals surface area contributed by atoms with E-state index in [1.165, 1.54) is 11.1 Å². The summed E-state index contributed by atoms with van der Waals surface area (Å²) in [5, 5.41) is 11.6. The molecule has 1 aromatic carbocycles. The number of nitrogens with one attached hydrogen (secondary N) is 1. The van der Waals surface area contributed by atoms with Crippen molar-refractivity contribution in [3.05, 3.63) is 34.9 Å². The fraction of sp³-hybridized carbons (Fsp3) is 0.500. The molecule has 0 saturated carbocycles. The molecule has 1 amide bonds. The first kappa shape index (κ1) is 16.2. The number of hydrogen-bond acceptors (Lipinski definition) is 2. The van der Waals surface area contributed by atoms with Crippen molar-refractivity contribution in [2.24, 2.45) is 0 Å². The zero-order valence-corrected chi connectivity index (χ0v) is 12.6. The molecule has 0 aliphatic heterocycles. The third-order valence-electron chi connectivity index (χ3n) is 3.38. The summed E-state index contributed by atoms with van der Waals surface area (Å²) in [7, 11) is 0. The minimum absolute atomic E-state index is 0.0525. The highest BCUT2D eigenvalue weighted by molar-refractivity contribution is 5.79. The Morgan fingerprint density at radius 3 is 2.40 bits per heavy atom. The van der Waals surface area contributed by atoms with Crippen LogP contribution in [0.4, 0.5) is 0 Å². The molecule has 0 heterocycles. The van der Waals surface area contributed by atoms with E-state index in [2.05, 4.69) is 5.32 Å². The van der Waals surface area contributed by atoms with Crippen molar-refractivity contribution >= 4 is 11.9 Å². The van der Waals surface area contributed by atoms with E-state index >= 15 is 0 Å². The smallest absolute Gasteiger partial charge is 0.303 e. The van der Waals surface area contributed by atoms with Gasteiger partial charge in [-0.25, -0.2) is 0 Å². The van der Waals surface area contributed by atoms with E-state index in [0.717, 1.165) is 5.56 Å². The number of hydrogen-bond donors (Lipinski definition) is 2. The molecule has 0 aliphatic rings. The highest BCUT2D eigenvalue weighted by Gasteiger charge is 2.21. The molecule has 0 spiro atoms. The molecule has 2 N–H and O–H groups in total. The first-order valence-electron chi connectivity index (χ1n) is 6.78. The van der Waals surface area contributed by atoms with Crippen LogP contribution in [-0.2, 0) is 16.0 Å². The maximum absolute atomic E-state index is 12.0. The Morgan fingerprint density at radius 2 is 1.85 bits per heavy atom. The van der Waals surface area contributed by atoms with Crippen molar-refractivity contribution in [3.8, 4) is 0 Å². The van der Waals surface area contributed by atoms with Gasteiger partial charge in [-0.2, -0.15) is 0 Å². The SMILES string of the molecule is Cc1ccc(CC(=O)NC(C)(C)CCC(=O)O)cc1C. The van der Waals surface area contributed by atoms with Gasteiger partial charge in [0.05, 0.1) is 6.42 Å². The summed E-state index contributed by atoms with van der Waals surface area (Å²) in [5.74, 6) is -0.926. The molecule has 0 saturated heterocycles. The standard InChI is InChI=1S/C16H23NO3/c1-11-5-6-13(9-12(11)2)10-14(18)17-16(3,4)8-7-15(19)20/h5-6,9H,7-8,10H2,1-4H3,(H,17,18)(H,19,20). The molecule has 0 fully saturated rings. The minimum atomic E-state index is -0.846. The normalized spacial score (nSPS) is 11.2. The van der Waals surface area contributed by atoms with Crippen LogP contribution < -0.4 is 5.32 Å². The Labute approximate surface area is 120 Å². The number of benzene rings is 1. The van der Waals surface area contributed by atoms with Gasteiger partial charge in [0, 0.05) is 12.0 Å². The van der Waals surface area contributed by atoms with Gasteiger partial charge in [0.15, 0.2) is 0 Å². The number of carbonyl (C=O) groups excluding carboxylic acids is 1. The van der Waals surface area contributed by atoms with Crippen molar-refractivity contribution in [2.75, 3.05) is 0 Å². The molecule has 0 aliphatic carbocycles. The Balaban J connectivity index is 2.58. The molecule has 4 heteroatoms. The zero-order valence-electron chi connectivity index (χ0n) is 12.6. The van der Waals surface area contributed by atoms with Crippen LogP contribution in [0.5, 0.6) is 0 Å². The van der Waals surface area contributed by atoms with Crippen LogP contribution in [0.1, 0.15) is 43.4 Å². The molecule has 0 atom stereocenters. The molecule has 20 heavy (non-hydrogen) atoms. The molecule has 1 rings (SSSR count). The van der Waals surface area contributed by atoms with E-state index < -0.39 is 11.5 Å². The third-order valence-corrected chi connectivity index (χ3v) is 3.38. The van der Waals surface area contributed by atoms with Gasteiger partial charge in [0.2, 0.25) is 5.91 Å². The van der Waals surface area contributed by atoms with E-state index in [9.17, 15) is 9.59 Å². The van der Waals surface area contributed by atoms with Gasteiger partial charge in [-0.3, -0.25) is 9.59 Å². The number of carboxylic acids is 1. The second-order valence-electron chi connectivity index (χ2n) is 5.92. The predicted molar refractivity (Wildman–Crippen MR) is 78.7 cm³/mol. The van der Waals surface area contributed by atoms with Gasteiger partial charge < -0.3 is 10.4 Å². The fourth-order valence-corrected chi connectivity index (χ4v) is 2.00. The molecule has 0 aromatic heterocycles. The Kier molecular flexibility index (Phi) is 5.31. The fourth-order valence-electron chi connectivity index (χ4n) is 2.00. The lowest BCUT2D eigenvalue weighted by Gasteiger charge is -2.25. The monoisotopic (exact) mass is 277 g/mol. The molecule has 4 nitrogen and oxygen atoms in total. The second-order valence-corrected chi connectivity index (χ2v) is 5.92. The van der Waals surface area contributed by atoms with Crippen LogP contribution >= 0.6 is 0 Å². The number of amides is 1. The van der Waals surface area contributed by atoms with E-state index in [4.69, 9.17) is 5.11 Å².